The monoisotopic (exact) mass is 381 g/mol. The molecule has 1 unspecified atom stereocenters. The molecule has 6 nitrogen and oxygen atoms in total. The first-order valence-corrected chi connectivity index (χ1v) is 9.15. The van der Waals surface area contributed by atoms with E-state index in [0.717, 1.165) is 25.8 Å². The standard InChI is InChI=1S/C19H27N3O3.ClH/c1-25-17-8-3-2-6-15(17)21-18(23)14-9-12-22(13-10-14)19(24)16-7-4-5-11-20-16;/h2-3,6,8,14,16,20H,4-5,7,9-13H2,1H3,(H,21,23);1H. The van der Waals surface area contributed by atoms with Gasteiger partial charge < -0.3 is 20.3 Å². The summed E-state index contributed by atoms with van der Waals surface area (Å²) in [6.07, 6.45) is 4.60. The predicted molar refractivity (Wildman–Crippen MR) is 104 cm³/mol. The van der Waals surface area contributed by atoms with Crippen LogP contribution < -0.4 is 15.4 Å². The molecule has 0 aliphatic carbocycles. The summed E-state index contributed by atoms with van der Waals surface area (Å²) in [6, 6.07) is 7.37. The Morgan fingerprint density at radius 3 is 2.54 bits per heavy atom. The van der Waals surface area contributed by atoms with Crippen LogP contribution in [0.4, 0.5) is 5.69 Å². The molecule has 2 amide bonds. The first-order valence-electron chi connectivity index (χ1n) is 9.15. The molecule has 2 heterocycles. The third-order valence-electron chi connectivity index (χ3n) is 5.15. The van der Waals surface area contributed by atoms with Crippen molar-refractivity contribution in [3.8, 4) is 5.75 Å². The zero-order valence-electron chi connectivity index (χ0n) is 15.2. The van der Waals surface area contributed by atoms with Gasteiger partial charge in [-0.15, -0.1) is 12.4 Å². The van der Waals surface area contributed by atoms with Crippen molar-refractivity contribution in [1.29, 1.82) is 0 Å². The molecule has 0 aromatic heterocycles. The Kier molecular flexibility index (Phi) is 7.72. The molecule has 2 N–H and O–H groups in total. The van der Waals surface area contributed by atoms with Gasteiger partial charge in [-0.25, -0.2) is 0 Å². The number of carbonyl (C=O) groups excluding carboxylic acids is 2. The van der Waals surface area contributed by atoms with Crippen molar-refractivity contribution < 1.29 is 14.3 Å². The van der Waals surface area contributed by atoms with E-state index in [1.54, 1.807) is 7.11 Å². The van der Waals surface area contributed by atoms with Crippen LogP contribution in [0.25, 0.3) is 0 Å². The quantitative estimate of drug-likeness (QED) is 0.840. The summed E-state index contributed by atoms with van der Waals surface area (Å²) in [5.41, 5.74) is 0.694. The number of hydrogen-bond acceptors (Lipinski definition) is 4. The predicted octanol–water partition coefficient (Wildman–Crippen LogP) is 2.44. The zero-order chi connectivity index (χ0) is 17.6. The number of hydrogen-bond donors (Lipinski definition) is 2. The maximum Gasteiger partial charge on any atom is 0.239 e. The Balaban J connectivity index is 0.00000243. The maximum absolute atomic E-state index is 12.6. The summed E-state index contributed by atoms with van der Waals surface area (Å²) in [7, 11) is 1.59. The highest BCUT2D eigenvalue weighted by molar-refractivity contribution is 5.94. The van der Waals surface area contributed by atoms with Crippen molar-refractivity contribution in [2.45, 2.75) is 38.1 Å². The summed E-state index contributed by atoms with van der Waals surface area (Å²) < 4.78 is 5.27. The molecule has 1 atom stereocenters. The summed E-state index contributed by atoms with van der Waals surface area (Å²) >= 11 is 0. The van der Waals surface area contributed by atoms with E-state index in [-0.39, 0.29) is 36.2 Å². The molecule has 7 heteroatoms. The second-order valence-electron chi connectivity index (χ2n) is 6.79. The smallest absolute Gasteiger partial charge is 0.239 e. The van der Waals surface area contributed by atoms with Gasteiger partial charge in [0, 0.05) is 19.0 Å². The van der Waals surface area contributed by atoms with E-state index in [1.165, 1.54) is 0 Å². The number of anilines is 1. The fraction of sp³-hybridized carbons (Fsp3) is 0.579. The van der Waals surface area contributed by atoms with Crippen molar-refractivity contribution in [1.82, 2.24) is 10.2 Å². The number of rotatable bonds is 4. The van der Waals surface area contributed by atoms with Gasteiger partial charge in [0.2, 0.25) is 11.8 Å². The lowest BCUT2D eigenvalue weighted by atomic mass is 9.94. The largest absolute Gasteiger partial charge is 0.495 e. The Labute approximate surface area is 161 Å². The van der Waals surface area contributed by atoms with Crippen LogP contribution in [0.3, 0.4) is 0 Å². The first-order chi connectivity index (χ1) is 12.2. The lowest BCUT2D eigenvalue weighted by Crippen LogP contribution is -2.51. The number of ether oxygens (including phenoxy) is 1. The van der Waals surface area contributed by atoms with Crippen molar-refractivity contribution >= 4 is 29.9 Å². The average Bonchev–Trinajstić information content (AvgIpc) is 2.68. The van der Waals surface area contributed by atoms with Crippen LogP contribution in [0, 0.1) is 5.92 Å². The van der Waals surface area contributed by atoms with Gasteiger partial charge >= 0.3 is 0 Å². The van der Waals surface area contributed by atoms with E-state index in [1.807, 2.05) is 29.2 Å². The maximum atomic E-state index is 12.6. The summed E-state index contributed by atoms with van der Waals surface area (Å²) in [5.74, 6) is 0.802. The Hall–Kier alpha value is -1.79. The van der Waals surface area contributed by atoms with Gasteiger partial charge in [-0.1, -0.05) is 18.6 Å². The molecule has 26 heavy (non-hydrogen) atoms. The molecule has 2 aliphatic heterocycles. The molecule has 3 rings (SSSR count). The number of amides is 2. The van der Waals surface area contributed by atoms with E-state index in [4.69, 9.17) is 4.74 Å². The van der Waals surface area contributed by atoms with Gasteiger partial charge in [-0.05, 0) is 44.4 Å². The number of halogens is 1. The van der Waals surface area contributed by atoms with E-state index in [9.17, 15) is 9.59 Å². The minimum Gasteiger partial charge on any atom is -0.495 e. The number of likely N-dealkylation sites (tertiary alicyclic amines) is 1. The molecule has 0 saturated carbocycles. The first kappa shape index (κ1) is 20.5. The van der Waals surface area contributed by atoms with Gasteiger partial charge in [0.15, 0.2) is 0 Å². The van der Waals surface area contributed by atoms with Crippen LogP contribution >= 0.6 is 12.4 Å². The number of carbonyl (C=O) groups is 2. The van der Waals surface area contributed by atoms with Crippen LogP contribution in [0.5, 0.6) is 5.75 Å². The molecule has 0 bridgehead atoms. The number of piperidine rings is 2. The molecule has 1 aromatic rings. The van der Waals surface area contributed by atoms with Gasteiger partial charge in [-0.2, -0.15) is 0 Å². The average molecular weight is 382 g/mol. The second-order valence-corrected chi connectivity index (χ2v) is 6.79. The third kappa shape index (κ3) is 4.89. The highest BCUT2D eigenvalue weighted by atomic mass is 35.5. The minimum absolute atomic E-state index is 0. The number of para-hydroxylation sites is 2. The summed E-state index contributed by atoms with van der Waals surface area (Å²) in [6.45, 7) is 2.23. The van der Waals surface area contributed by atoms with Crippen molar-refractivity contribution in [2.75, 3.05) is 32.1 Å². The van der Waals surface area contributed by atoms with E-state index in [0.29, 0.717) is 37.4 Å². The molecular weight excluding hydrogens is 354 g/mol. The van der Waals surface area contributed by atoms with E-state index in [2.05, 4.69) is 10.6 Å². The number of benzene rings is 1. The van der Waals surface area contributed by atoms with Gasteiger partial charge in [0.05, 0.1) is 18.8 Å². The topological polar surface area (TPSA) is 70.7 Å². The van der Waals surface area contributed by atoms with Crippen LogP contribution in [-0.2, 0) is 9.59 Å². The Morgan fingerprint density at radius 2 is 1.88 bits per heavy atom. The molecule has 144 valence electrons. The summed E-state index contributed by atoms with van der Waals surface area (Å²) in [5, 5.41) is 6.27. The lowest BCUT2D eigenvalue weighted by molar-refractivity contribution is -0.137. The molecule has 2 saturated heterocycles. The summed E-state index contributed by atoms with van der Waals surface area (Å²) in [4.78, 5) is 27.0. The second kappa shape index (κ2) is 9.78. The van der Waals surface area contributed by atoms with E-state index < -0.39 is 0 Å². The minimum atomic E-state index is -0.0618. The Morgan fingerprint density at radius 1 is 1.15 bits per heavy atom. The van der Waals surface area contributed by atoms with Gasteiger partial charge in [0.1, 0.15) is 5.75 Å². The zero-order valence-corrected chi connectivity index (χ0v) is 16.0. The highest BCUT2D eigenvalue weighted by Crippen LogP contribution is 2.26. The van der Waals surface area contributed by atoms with Crippen molar-refractivity contribution in [3.63, 3.8) is 0 Å². The molecule has 1 aromatic carbocycles. The molecule has 0 radical (unpaired) electrons. The number of nitrogens with one attached hydrogen (secondary N) is 2. The van der Waals surface area contributed by atoms with Gasteiger partial charge in [-0.3, -0.25) is 9.59 Å². The molecule has 0 spiro atoms. The van der Waals surface area contributed by atoms with E-state index >= 15 is 0 Å². The normalized spacial score (nSPS) is 20.8. The molecular formula is C19H28ClN3O3. The highest BCUT2D eigenvalue weighted by Gasteiger charge is 2.31. The molecule has 2 fully saturated rings. The van der Waals surface area contributed by atoms with Crippen molar-refractivity contribution in [3.05, 3.63) is 24.3 Å². The molecule has 2 aliphatic rings. The Bertz CT molecular complexity index is 612. The van der Waals surface area contributed by atoms with Crippen LogP contribution in [-0.4, -0.2) is 49.5 Å². The van der Waals surface area contributed by atoms with Crippen LogP contribution in [0.2, 0.25) is 0 Å². The fourth-order valence-corrected chi connectivity index (χ4v) is 3.63. The van der Waals surface area contributed by atoms with Crippen LogP contribution in [0.1, 0.15) is 32.1 Å². The third-order valence-corrected chi connectivity index (χ3v) is 5.15. The van der Waals surface area contributed by atoms with Crippen molar-refractivity contribution in [2.24, 2.45) is 5.92 Å². The lowest BCUT2D eigenvalue weighted by Gasteiger charge is -2.35. The van der Waals surface area contributed by atoms with Crippen LogP contribution in [0.15, 0.2) is 24.3 Å². The number of methoxy groups -OCH3 is 1. The fourth-order valence-electron chi connectivity index (χ4n) is 3.63. The van der Waals surface area contributed by atoms with Gasteiger partial charge in [0.25, 0.3) is 0 Å². The SMILES string of the molecule is COc1ccccc1NC(=O)C1CCN(C(=O)C2CCCCN2)CC1.Cl. The number of nitrogens with zero attached hydrogens (tertiary/aromatic N) is 1.